The number of nitriles is 1. The lowest BCUT2D eigenvalue weighted by Gasteiger charge is -2.32. The number of hydrogen-bond donors (Lipinski definition) is 0. The molecule has 1 heterocycles. The number of piperidine rings is 1. The molecule has 2 heteroatoms. The van der Waals surface area contributed by atoms with E-state index in [0.717, 1.165) is 32.5 Å². The smallest absolute Gasteiger partial charge is 0.0624 e. The molecule has 1 aliphatic rings. The van der Waals surface area contributed by atoms with Crippen LogP contribution < -0.4 is 0 Å². The van der Waals surface area contributed by atoms with Crippen molar-refractivity contribution in [2.75, 3.05) is 19.6 Å². The molecule has 24 heavy (non-hydrogen) atoms. The van der Waals surface area contributed by atoms with Crippen molar-refractivity contribution in [2.45, 2.75) is 31.6 Å². The molecule has 0 amide bonds. The number of rotatable bonds is 6. The summed E-state index contributed by atoms with van der Waals surface area (Å²) >= 11 is 0. The molecular formula is C22H26N2. The van der Waals surface area contributed by atoms with E-state index >= 15 is 0 Å². The Bertz CT molecular complexity index is 597. The van der Waals surface area contributed by atoms with E-state index < -0.39 is 0 Å². The number of nitrogens with zero attached hydrogens (tertiary/aromatic N) is 2. The molecule has 0 N–H and O–H groups in total. The maximum Gasteiger partial charge on any atom is 0.0624 e. The molecule has 2 aromatic carbocycles. The van der Waals surface area contributed by atoms with Gasteiger partial charge in [-0.3, -0.25) is 0 Å². The largest absolute Gasteiger partial charge is 0.303 e. The zero-order valence-corrected chi connectivity index (χ0v) is 14.3. The molecule has 0 aliphatic carbocycles. The van der Waals surface area contributed by atoms with Gasteiger partial charge >= 0.3 is 0 Å². The van der Waals surface area contributed by atoms with E-state index in [4.69, 9.17) is 5.26 Å². The molecule has 0 bridgehead atoms. The van der Waals surface area contributed by atoms with Gasteiger partial charge < -0.3 is 4.90 Å². The third-order valence-corrected chi connectivity index (χ3v) is 5.22. The molecule has 1 aliphatic heterocycles. The molecule has 124 valence electrons. The van der Waals surface area contributed by atoms with E-state index in [9.17, 15) is 0 Å². The lowest BCUT2D eigenvalue weighted by Crippen LogP contribution is -2.34. The second-order valence-electron chi connectivity index (χ2n) is 6.81. The molecule has 1 fully saturated rings. The predicted octanol–water partition coefficient (Wildman–Crippen LogP) is 4.83. The highest BCUT2D eigenvalue weighted by Crippen LogP contribution is 2.29. The van der Waals surface area contributed by atoms with Crippen LogP contribution in [0.2, 0.25) is 0 Å². The fourth-order valence-corrected chi connectivity index (χ4v) is 3.75. The first-order valence-electron chi connectivity index (χ1n) is 9.06. The van der Waals surface area contributed by atoms with Crippen LogP contribution >= 0.6 is 0 Å². The van der Waals surface area contributed by atoms with Gasteiger partial charge in [-0.1, -0.05) is 60.7 Å². The van der Waals surface area contributed by atoms with Crippen LogP contribution in [0.3, 0.4) is 0 Å². The normalized spacial score (nSPS) is 16.2. The Hall–Kier alpha value is -2.11. The SMILES string of the molecule is N#CCC1CCN(CCC(c2ccccc2)c2ccccc2)CC1. The summed E-state index contributed by atoms with van der Waals surface area (Å²) in [6, 6.07) is 24.0. The summed E-state index contributed by atoms with van der Waals surface area (Å²) in [6.07, 6.45) is 4.23. The first-order valence-corrected chi connectivity index (χ1v) is 9.06. The van der Waals surface area contributed by atoms with Crippen molar-refractivity contribution < 1.29 is 0 Å². The Labute approximate surface area is 145 Å². The summed E-state index contributed by atoms with van der Waals surface area (Å²) in [5.74, 6) is 1.08. The van der Waals surface area contributed by atoms with Crippen LogP contribution in [0.5, 0.6) is 0 Å². The zero-order chi connectivity index (χ0) is 16.6. The van der Waals surface area contributed by atoms with Crippen molar-refractivity contribution in [3.8, 4) is 6.07 Å². The fraction of sp³-hybridized carbons (Fsp3) is 0.409. The minimum atomic E-state index is 0.462. The molecule has 1 saturated heterocycles. The van der Waals surface area contributed by atoms with E-state index in [2.05, 4.69) is 71.6 Å². The minimum Gasteiger partial charge on any atom is -0.303 e. The first kappa shape index (κ1) is 16.7. The molecule has 0 radical (unpaired) electrons. The van der Waals surface area contributed by atoms with Crippen LogP contribution in [0.25, 0.3) is 0 Å². The van der Waals surface area contributed by atoms with Gasteiger partial charge in [-0.25, -0.2) is 0 Å². The van der Waals surface area contributed by atoms with E-state index in [1.165, 1.54) is 24.0 Å². The summed E-state index contributed by atoms with van der Waals surface area (Å²) in [5, 5.41) is 8.85. The van der Waals surface area contributed by atoms with Crippen LogP contribution in [0.1, 0.15) is 42.7 Å². The topological polar surface area (TPSA) is 27.0 Å². The Morgan fingerprint density at radius 3 is 1.96 bits per heavy atom. The molecular weight excluding hydrogens is 292 g/mol. The van der Waals surface area contributed by atoms with E-state index in [1.54, 1.807) is 0 Å². The molecule has 0 spiro atoms. The van der Waals surface area contributed by atoms with E-state index in [0.29, 0.717) is 11.8 Å². The Balaban J connectivity index is 1.63. The van der Waals surface area contributed by atoms with Crippen LogP contribution in [0, 0.1) is 17.2 Å². The molecule has 0 aromatic heterocycles. The van der Waals surface area contributed by atoms with Gasteiger partial charge in [-0.15, -0.1) is 0 Å². The van der Waals surface area contributed by atoms with Crippen LogP contribution in [-0.4, -0.2) is 24.5 Å². The highest BCUT2D eigenvalue weighted by atomic mass is 15.1. The summed E-state index contributed by atoms with van der Waals surface area (Å²) < 4.78 is 0. The molecule has 2 aromatic rings. The maximum atomic E-state index is 8.85. The van der Waals surface area contributed by atoms with Gasteiger partial charge in [0.25, 0.3) is 0 Å². The standard InChI is InChI=1S/C22H26N2/c23-15-11-19-12-16-24(17-13-19)18-14-22(20-7-3-1-4-8-20)21-9-5-2-6-10-21/h1-10,19,22H,11-14,16-18H2. The average Bonchev–Trinajstić information content (AvgIpc) is 2.65. The van der Waals surface area contributed by atoms with Crippen molar-refractivity contribution >= 4 is 0 Å². The Morgan fingerprint density at radius 2 is 1.46 bits per heavy atom. The van der Waals surface area contributed by atoms with Crippen LogP contribution in [0.15, 0.2) is 60.7 Å². The van der Waals surface area contributed by atoms with Gasteiger partial charge in [-0.2, -0.15) is 5.26 Å². The molecule has 0 saturated carbocycles. The number of hydrogen-bond acceptors (Lipinski definition) is 2. The van der Waals surface area contributed by atoms with Gasteiger partial charge in [0.1, 0.15) is 0 Å². The third kappa shape index (κ3) is 4.46. The van der Waals surface area contributed by atoms with Gasteiger partial charge in [-0.05, 0) is 55.9 Å². The van der Waals surface area contributed by atoms with Crippen molar-refractivity contribution in [1.29, 1.82) is 5.26 Å². The van der Waals surface area contributed by atoms with Crippen molar-refractivity contribution in [3.63, 3.8) is 0 Å². The van der Waals surface area contributed by atoms with Crippen LogP contribution in [-0.2, 0) is 0 Å². The number of likely N-dealkylation sites (tertiary alicyclic amines) is 1. The molecule has 3 rings (SSSR count). The highest BCUT2D eigenvalue weighted by molar-refractivity contribution is 5.32. The monoisotopic (exact) mass is 318 g/mol. The molecule has 2 nitrogen and oxygen atoms in total. The quantitative estimate of drug-likeness (QED) is 0.762. The van der Waals surface area contributed by atoms with Crippen molar-refractivity contribution in [2.24, 2.45) is 5.92 Å². The summed E-state index contributed by atoms with van der Waals surface area (Å²) in [6.45, 7) is 3.42. The molecule has 0 atom stereocenters. The van der Waals surface area contributed by atoms with Crippen molar-refractivity contribution in [3.05, 3.63) is 71.8 Å². The van der Waals surface area contributed by atoms with Gasteiger partial charge in [0.15, 0.2) is 0 Å². The Kier molecular flexibility index (Phi) is 6.04. The zero-order valence-electron chi connectivity index (χ0n) is 14.3. The predicted molar refractivity (Wildman–Crippen MR) is 98.7 cm³/mol. The van der Waals surface area contributed by atoms with Gasteiger partial charge in [0.05, 0.1) is 6.07 Å². The summed E-state index contributed by atoms with van der Waals surface area (Å²) in [4.78, 5) is 2.58. The fourth-order valence-electron chi connectivity index (χ4n) is 3.75. The van der Waals surface area contributed by atoms with Gasteiger partial charge in [0.2, 0.25) is 0 Å². The second kappa shape index (κ2) is 8.66. The summed E-state index contributed by atoms with van der Waals surface area (Å²) in [7, 11) is 0. The maximum absolute atomic E-state index is 8.85. The Morgan fingerprint density at radius 1 is 0.917 bits per heavy atom. The molecule has 0 unspecified atom stereocenters. The highest BCUT2D eigenvalue weighted by Gasteiger charge is 2.21. The van der Waals surface area contributed by atoms with Gasteiger partial charge in [0, 0.05) is 12.3 Å². The second-order valence-corrected chi connectivity index (χ2v) is 6.81. The number of benzene rings is 2. The van der Waals surface area contributed by atoms with Crippen molar-refractivity contribution in [1.82, 2.24) is 4.90 Å². The van der Waals surface area contributed by atoms with Crippen LogP contribution in [0.4, 0.5) is 0 Å². The summed E-state index contributed by atoms with van der Waals surface area (Å²) in [5.41, 5.74) is 2.81. The third-order valence-electron chi connectivity index (χ3n) is 5.22. The lowest BCUT2D eigenvalue weighted by atomic mass is 9.88. The van der Waals surface area contributed by atoms with E-state index in [1.807, 2.05) is 0 Å². The average molecular weight is 318 g/mol. The first-order chi connectivity index (χ1) is 11.9. The minimum absolute atomic E-state index is 0.462. The lowest BCUT2D eigenvalue weighted by molar-refractivity contribution is 0.182. The van der Waals surface area contributed by atoms with E-state index in [-0.39, 0.29) is 0 Å².